The van der Waals surface area contributed by atoms with Crippen molar-refractivity contribution in [1.82, 2.24) is 24.9 Å². The van der Waals surface area contributed by atoms with Gasteiger partial charge in [0.15, 0.2) is 12.3 Å². The van der Waals surface area contributed by atoms with Crippen LogP contribution in [0.15, 0.2) is 41.1 Å². The maximum atomic E-state index is 13.0. The van der Waals surface area contributed by atoms with E-state index in [0.717, 1.165) is 11.1 Å². The van der Waals surface area contributed by atoms with E-state index >= 15 is 0 Å². The molecule has 0 radical (unpaired) electrons. The molecule has 0 N–H and O–H groups in total. The summed E-state index contributed by atoms with van der Waals surface area (Å²) in [6.45, 7) is 1.68. The number of fused-ring (bicyclic) bond motifs is 1. The molecule has 1 aromatic carbocycles. The Morgan fingerprint density at radius 2 is 2.07 bits per heavy atom. The van der Waals surface area contributed by atoms with Crippen LogP contribution in [-0.4, -0.2) is 30.9 Å². The van der Waals surface area contributed by atoms with Gasteiger partial charge in [-0.3, -0.25) is 4.68 Å². The number of ether oxygens (including phenoxy) is 1. The summed E-state index contributed by atoms with van der Waals surface area (Å²) in [5.74, 6) is -0.493. The van der Waals surface area contributed by atoms with E-state index in [4.69, 9.17) is 9.26 Å². The van der Waals surface area contributed by atoms with Gasteiger partial charge in [-0.2, -0.15) is 10.1 Å². The van der Waals surface area contributed by atoms with Crippen molar-refractivity contribution < 1.29 is 18.4 Å². The molecule has 0 atom stereocenters. The van der Waals surface area contributed by atoms with Crippen molar-refractivity contribution in [3.05, 3.63) is 59.4 Å². The SMILES string of the molecule is Cc1nn(C)c2ncc(C(=O)OCc3noc(-c4ccc(F)cc4)n3)cc12. The minimum atomic E-state index is -0.555. The number of carbonyl (C=O) groups excluding carboxylic acids is 1. The van der Waals surface area contributed by atoms with Crippen LogP contribution in [0.3, 0.4) is 0 Å². The molecule has 0 aliphatic rings. The van der Waals surface area contributed by atoms with Crippen LogP contribution in [0.2, 0.25) is 0 Å². The lowest BCUT2D eigenvalue weighted by Gasteiger charge is -2.02. The molecule has 27 heavy (non-hydrogen) atoms. The predicted octanol–water partition coefficient (Wildman–Crippen LogP) is 2.82. The first-order chi connectivity index (χ1) is 13.0. The molecule has 0 aliphatic heterocycles. The quantitative estimate of drug-likeness (QED) is 0.512. The second-order valence-corrected chi connectivity index (χ2v) is 5.90. The third-order valence-electron chi connectivity index (χ3n) is 3.99. The molecule has 0 unspecified atom stereocenters. The van der Waals surface area contributed by atoms with E-state index in [2.05, 4.69) is 20.2 Å². The summed E-state index contributed by atoms with van der Waals surface area (Å²) < 4.78 is 24.9. The zero-order valence-electron chi connectivity index (χ0n) is 14.5. The molecule has 9 heteroatoms. The second kappa shape index (κ2) is 6.60. The van der Waals surface area contributed by atoms with E-state index in [1.807, 2.05) is 6.92 Å². The highest BCUT2D eigenvalue weighted by atomic mass is 19.1. The molecule has 0 saturated carbocycles. The molecular formula is C18H14FN5O3. The van der Waals surface area contributed by atoms with Crippen LogP contribution in [0.1, 0.15) is 21.9 Å². The Kier molecular flexibility index (Phi) is 4.11. The maximum absolute atomic E-state index is 13.0. The van der Waals surface area contributed by atoms with Crippen LogP contribution in [0.4, 0.5) is 4.39 Å². The molecule has 3 heterocycles. The number of rotatable bonds is 4. The molecule has 8 nitrogen and oxygen atoms in total. The van der Waals surface area contributed by atoms with Crippen molar-refractivity contribution in [3.8, 4) is 11.5 Å². The topological polar surface area (TPSA) is 95.9 Å². The monoisotopic (exact) mass is 367 g/mol. The summed E-state index contributed by atoms with van der Waals surface area (Å²) in [4.78, 5) is 20.7. The van der Waals surface area contributed by atoms with E-state index in [0.29, 0.717) is 16.8 Å². The van der Waals surface area contributed by atoms with Crippen LogP contribution >= 0.6 is 0 Å². The molecule has 0 spiro atoms. The molecule has 0 amide bonds. The van der Waals surface area contributed by atoms with Gasteiger partial charge in [0.2, 0.25) is 5.82 Å². The average Bonchev–Trinajstić information content (AvgIpc) is 3.25. The highest BCUT2D eigenvalue weighted by Gasteiger charge is 2.15. The number of aryl methyl sites for hydroxylation is 2. The first kappa shape index (κ1) is 16.8. The van der Waals surface area contributed by atoms with Crippen LogP contribution in [0.5, 0.6) is 0 Å². The molecule has 0 saturated heterocycles. The lowest BCUT2D eigenvalue weighted by molar-refractivity contribution is 0.0459. The fourth-order valence-electron chi connectivity index (χ4n) is 2.66. The first-order valence-electron chi connectivity index (χ1n) is 8.06. The Morgan fingerprint density at radius 1 is 1.30 bits per heavy atom. The fourth-order valence-corrected chi connectivity index (χ4v) is 2.66. The minimum Gasteiger partial charge on any atom is -0.454 e. The number of aromatic nitrogens is 5. The van der Waals surface area contributed by atoms with Gasteiger partial charge in [-0.05, 0) is 37.3 Å². The average molecular weight is 367 g/mol. The van der Waals surface area contributed by atoms with Crippen molar-refractivity contribution in [2.75, 3.05) is 0 Å². The third-order valence-corrected chi connectivity index (χ3v) is 3.99. The number of nitrogens with zero attached hydrogens (tertiary/aromatic N) is 5. The van der Waals surface area contributed by atoms with Gasteiger partial charge in [0.25, 0.3) is 5.89 Å². The largest absolute Gasteiger partial charge is 0.454 e. The van der Waals surface area contributed by atoms with Crippen LogP contribution in [-0.2, 0) is 18.4 Å². The summed E-state index contributed by atoms with van der Waals surface area (Å²) in [6.07, 6.45) is 1.44. The standard InChI is InChI=1S/C18H14FN5O3/c1-10-14-7-12(8-20-16(14)24(2)22-10)18(25)26-9-15-21-17(27-23-15)11-3-5-13(19)6-4-11/h3-8H,9H2,1-2H3. The van der Waals surface area contributed by atoms with Gasteiger partial charge in [-0.1, -0.05) is 5.16 Å². The van der Waals surface area contributed by atoms with E-state index in [9.17, 15) is 9.18 Å². The van der Waals surface area contributed by atoms with Gasteiger partial charge in [-0.25, -0.2) is 14.2 Å². The molecule has 4 aromatic rings. The van der Waals surface area contributed by atoms with Gasteiger partial charge in [0.05, 0.1) is 11.3 Å². The van der Waals surface area contributed by atoms with Gasteiger partial charge in [0, 0.05) is 24.2 Å². The Labute approximate surface area is 152 Å². The normalized spacial score (nSPS) is 11.1. The van der Waals surface area contributed by atoms with Crippen molar-refractivity contribution >= 4 is 17.0 Å². The molecule has 136 valence electrons. The van der Waals surface area contributed by atoms with Crippen LogP contribution in [0, 0.1) is 12.7 Å². The fraction of sp³-hybridized carbons (Fsp3) is 0.167. The number of esters is 1. The van der Waals surface area contributed by atoms with E-state index in [1.54, 1.807) is 17.8 Å². The van der Waals surface area contributed by atoms with Crippen molar-refractivity contribution in [1.29, 1.82) is 0 Å². The smallest absolute Gasteiger partial charge is 0.340 e. The number of hydrogen-bond acceptors (Lipinski definition) is 7. The molecule has 0 fully saturated rings. The van der Waals surface area contributed by atoms with Gasteiger partial charge >= 0.3 is 5.97 Å². The molecule has 4 rings (SSSR count). The lowest BCUT2D eigenvalue weighted by atomic mass is 10.2. The molecular weight excluding hydrogens is 353 g/mol. The minimum absolute atomic E-state index is 0.159. The number of carbonyl (C=O) groups is 1. The van der Waals surface area contributed by atoms with Gasteiger partial charge < -0.3 is 9.26 Å². The van der Waals surface area contributed by atoms with E-state index in [1.165, 1.54) is 30.5 Å². The van der Waals surface area contributed by atoms with Crippen LogP contribution < -0.4 is 0 Å². The third kappa shape index (κ3) is 3.26. The van der Waals surface area contributed by atoms with E-state index < -0.39 is 5.97 Å². The van der Waals surface area contributed by atoms with Gasteiger partial charge in [-0.15, -0.1) is 0 Å². The molecule has 0 aliphatic carbocycles. The number of benzene rings is 1. The Balaban J connectivity index is 1.46. The first-order valence-corrected chi connectivity index (χ1v) is 8.06. The van der Waals surface area contributed by atoms with Crippen molar-refractivity contribution in [2.45, 2.75) is 13.5 Å². The lowest BCUT2D eigenvalue weighted by Crippen LogP contribution is -2.07. The van der Waals surface area contributed by atoms with Crippen LogP contribution in [0.25, 0.3) is 22.5 Å². The number of halogens is 1. The molecule has 3 aromatic heterocycles. The summed E-state index contributed by atoms with van der Waals surface area (Å²) in [7, 11) is 1.79. The summed E-state index contributed by atoms with van der Waals surface area (Å²) in [6, 6.07) is 7.32. The highest BCUT2D eigenvalue weighted by Crippen LogP contribution is 2.19. The Hall–Kier alpha value is -3.62. The summed E-state index contributed by atoms with van der Waals surface area (Å²) in [5, 5.41) is 8.81. The second-order valence-electron chi connectivity index (χ2n) is 5.90. The maximum Gasteiger partial charge on any atom is 0.340 e. The Morgan fingerprint density at radius 3 is 2.85 bits per heavy atom. The summed E-state index contributed by atoms with van der Waals surface area (Å²) >= 11 is 0. The van der Waals surface area contributed by atoms with Crippen molar-refractivity contribution in [2.24, 2.45) is 7.05 Å². The number of hydrogen-bond donors (Lipinski definition) is 0. The predicted molar refractivity (Wildman–Crippen MR) is 92.1 cm³/mol. The summed E-state index contributed by atoms with van der Waals surface area (Å²) in [5.41, 5.74) is 2.34. The zero-order chi connectivity index (χ0) is 19.0. The molecule has 0 bridgehead atoms. The van der Waals surface area contributed by atoms with Crippen molar-refractivity contribution in [3.63, 3.8) is 0 Å². The highest BCUT2D eigenvalue weighted by molar-refractivity contribution is 5.93. The Bertz CT molecular complexity index is 1130. The zero-order valence-corrected chi connectivity index (χ0v) is 14.5. The van der Waals surface area contributed by atoms with Gasteiger partial charge in [0.1, 0.15) is 5.82 Å². The number of pyridine rings is 1. The van der Waals surface area contributed by atoms with E-state index in [-0.39, 0.29) is 24.1 Å².